The van der Waals surface area contributed by atoms with E-state index in [9.17, 15) is 8.42 Å². The zero-order valence-corrected chi connectivity index (χ0v) is 13.4. The first-order valence-corrected chi connectivity index (χ1v) is 10.3. The smallest absolute Gasteiger partial charge is 0.264 e. The van der Waals surface area contributed by atoms with Crippen molar-refractivity contribution in [2.45, 2.75) is 38.9 Å². The molecule has 0 aromatic rings. The minimum absolute atomic E-state index is 0.0691. The number of hydrogen-bond donors (Lipinski definition) is 0. The Balaban J connectivity index is 3.97. The van der Waals surface area contributed by atoms with E-state index in [1.807, 2.05) is 0 Å². The van der Waals surface area contributed by atoms with Crippen LogP contribution in [0.3, 0.4) is 0 Å². The maximum absolute atomic E-state index is 10.7. The molecule has 0 N–H and O–H groups in total. The molecular formula is C11H24O4SSi. The summed E-state index contributed by atoms with van der Waals surface area (Å²) in [7, 11) is -5.06. The van der Waals surface area contributed by atoms with Crippen LogP contribution in [-0.4, -0.2) is 36.2 Å². The molecule has 17 heavy (non-hydrogen) atoms. The van der Waals surface area contributed by atoms with E-state index < -0.39 is 18.4 Å². The maximum Gasteiger partial charge on any atom is 0.264 e. The fraction of sp³-hybridized carbons (Fsp3) is 0.818. The van der Waals surface area contributed by atoms with Crippen molar-refractivity contribution in [1.29, 1.82) is 0 Å². The van der Waals surface area contributed by atoms with Crippen molar-refractivity contribution in [2.24, 2.45) is 0 Å². The lowest BCUT2D eigenvalue weighted by Gasteiger charge is -2.35. The fourth-order valence-corrected chi connectivity index (χ4v) is 2.04. The first-order chi connectivity index (χ1) is 7.46. The third kappa shape index (κ3) is 7.70. The van der Waals surface area contributed by atoms with Crippen molar-refractivity contribution >= 4 is 18.4 Å². The van der Waals surface area contributed by atoms with Gasteiger partial charge in [0.25, 0.3) is 10.1 Å². The summed E-state index contributed by atoms with van der Waals surface area (Å²) in [5.74, 6) is 0. The van der Waals surface area contributed by atoms with Crippen LogP contribution in [0.2, 0.25) is 18.1 Å². The minimum atomic E-state index is -3.35. The Kier molecular flexibility index (Phi) is 6.07. The van der Waals surface area contributed by atoms with Gasteiger partial charge in [0.15, 0.2) is 8.32 Å². The van der Waals surface area contributed by atoms with Gasteiger partial charge in [0.2, 0.25) is 0 Å². The molecule has 0 radical (unpaired) electrons. The van der Waals surface area contributed by atoms with Gasteiger partial charge in [-0.1, -0.05) is 32.9 Å². The molecular weight excluding hydrogens is 256 g/mol. The molecule has 0 amide bonds. The van der Waals surface area contributed by atoms with Gasteiger partial charge in [-0.25, -0.2) is 0 Å². The largest absolute Gasteiger partial charge is 0.413 e. The number of rotatable bonds is 6. The normalized spacial score (nSPS) is 14.5. The van der Waals surface area contributed by atoms with Crippen molar-refractivity contribution in [3.05, 3.63) is 12.2 Å². The lowest BCUT2D eigenvalue weighted by molar-refractivity contribution is 0.324. The highest BCUT2D eigenvalue weighted by molar-refractivity contribution is 7.85. The van der Waals surface area contributed by atoms with Gasteiger partial charge in [-0.05, 0) is 18.1 Å². The maximum atomic E-state index is 10.7. The Morgan fingerprint density at radius 2 is 1.59 bits per heavy atom. The minimum Gasteiger partial charge on any atom is -0.413 e. The molecule has 0 spiro atoms. The standard InChI is InChI=1S/C11H24O4SSi/c1-11(2,3)17(5,6)15-10-8-7-9-14-16(4,12)13/h7-8H,9-10H2,1-6H3. The third-order valence-electron chi connectivity index (χ3n) is 2.89. The molecule has 0 rings (SSSR count). The van der Waals surface area contributed by atoms with Crippen LogP contribution >= 0.6 is 0 Å². The summed E-state index contributed by atoms with van der Waals surface area (Å²) >= 11 is 0. The second-order valence-electron chi connectivity index (χ2n) is 5.53. The van der Waals surface area contributed by atoms with E-state index in [1.54, 1.807) is 12.2 Å². The van der Waals surface area contributed by atoms with Crippen LogP contribution in [0.4, 0.5) is 0 Å². The van der Waals surface area contributed by atoms with Gasteiger partial charge in [0.05, 0.1) is 19.5 Å². The summed E-state index contributed by atoms with van der Waals surface area (Å²) in [5.41, 5.74) is 0. The molecule has 0 aliphatic carbocycles. The monoisotopic (exact) mass is 280 g/mol. The first kappa shape index (κ1) is 16.8. The fourth-order valence-electron chi connectivity index (χ4n) is 0.772. The molecule has 0 atom stereocenters. The molecule has 0 fully saturated rings. The van der Waals surface area contributed by atoms with Crippen LogP contribution < -0.4 is 0 Å². The Labute approximate surface area is 106 Å². The Morgan fingerprint density at radius 1 is 1.12 bits per heavy atom. The predicted octanol–water partition coefficient (Wildman–Crippen LogP) is 2.54. The van der Waals surface area contributed by atoms with Gasteiger partial charge in [0.1, 0.15) is 0 Å². The summed E-state index contributed by atoms with van der Waals surface area (Å²) < 4.78 is 31.8. The zero-order valence-electron chi connectivity index (χ0n) is 11.6. The molecule has 6 heteroatoms. The summed E-state index contributed by atoms with van der Waals surface area (Å²) in [4.78, 5) is 0. The number of hydrogen-bond acceptors (Lipinski definition) is 4. The van der Waals surface area contributed by atoms with Crippen LogP contribution in [-0.2, 0) is 18.7 Å². The average molecular weight is 280 g/mol. The quantitative estimate of drug-likeness (QED) is 0.426. The molecule has 0 bridgehead atoms. The molecule has 0 aromatic carbocycles. The summed E-state index contributed by atoms with van der Waals surface area (Å²) in [6.45, 7) is 11.5. The van der Waals surface area contributed by atoms with Crippen molar-refractivity contribution in [3.8, 4) is 0 Å². The van der Waals surface area contributed by atoms with Crippen molar-refractivity contribution in [3.63, 3.8) is 0 Å². The van der Waals surface area contributed by atoms with Crippen LogP contribution in [0, 0.1) is 0 Å². The van der Waals surface area contributed by atoms with E-state index in [2.05, 4.69) is 38.0 Å². The molecule has 0 saturated heterocycles. The van der Waals surface area contributed by atoms with Gasteiger partial charge in [-0.3, -0.25) is 4.18 Å². The highest BCUT2D eigenvalue weighted by Crippen LogP contribution is 2.36. The van der Waals surface area contributed by atoms with Gasteiger partial charge >= 0.3 is 0 Å². The van der Waals surface area contributed by atoms with Gasteiger partial charge in [-0.2, -0.15) is 8.42 Å². The van der Waals surface area contributed by atoms with Crippen LogP contribution in [0.1, 0.15) is 20.8 Å². The molecule has 0 aromatic heterocycles. The van der Waals surface area contributed by atoms with Crippen LogP contribution in [0.25, 0.3) is 0 Å². The van der Waals surface area contributed by atoms with Crippen LogP contribution in [0.5, 0.6) is 0 Å². The molecule has 0 aliphatic rings. The average Bonchev–Trinajstić information content (AvgIpc) is 2.07. The van der Waals surface area contributed by atoms with E-state index in [0.717, 1.165) is 6.26 Å². The second-order valence-corrected chi connectivity index (χ2v) is 12.0. The zero-order chi connectivity index (χ0) is 13.7. The van der Waals surface area contributed by atoms with Crippen LogP contribution in [0.15, 0.2) is 12.2 Å². The molecule has 0 unspecified atom stereocenters. The van der Waals surface area contributed by atoms with E-state index in [-0.39, 0.29) is 11.6 Å². The second kappa shape index (κ2) is 6.13. The molecule has 0 saturated carbocycles. The SMILES string of the molecule is CC(C)(C)[Si](C)(C)OCC=CCOS(C)(=O)=O. The Bertz CT molecular complexity index is 352. The van der Waals surface area contributed by atoms with E-state index in [4.69, 9.17) is 4.43 Å². The summed E-state index contributed by atoms with van der Waals surface area (Å²) in [6.07, 6.45) is 4.49. The Hall–Kier alpha value is -0.173. The topological polar surface area (TPSA) is 52.6 Å². The highest BCUT2D eigenvalue weighted by Gasteiger charge is 2.36. The lowest BCUT2D eigenvalue weighted by atomic mass is 10.2. The summed E-state index contributed by atoms with van der Waals surface area (Å²) in [5, 5.41) is 0.185. The molecule has 0 aliphatic heterocycles. The summed E-state index contributed by atoms with van der Waals surface area (Å²) in [6, 6.07) is 0. The third-order valence-corrected chi connectivity index (χ3v) is 7.96. The predicted molar refractivity (Wildman–Crippen MR) is 73.1 cm³/mol. The lowest BCUT2D eigenvalue weighted by Crippen LogP contribution is -2.40. The van der Waals surface area contributed by atoms with E-state index >= 15 is 0 Å². The Morgan fingerprint density at radius 3 is 2.00 bits per heavy atom. The first-order valence-electron chi connectivity index (χ1n) is 5.59. The van der Waals surface area contributed by atoms with Crippen molar-refractivity contribution < 1.29 is 17.0 Å². The van der Waals surface area contributed by atoms with E-state index in [0.29, 0.717) is 6.61 Å². The van der Waals surface area contributed by atoms with Crippen molar-refractivity contribution in [1.82, 2.24) is 0 Å². The molecule has 0 heterocycles. The van der Waals surface area contributed by atoms with Crippen molar-refractivity contribution in [2.75, 3.05) is 19.5 Å². The van der Waals surface area contributed by atoms with Gasteiger partial charge in [0, 0.05) is 0 Å². The highest BCUT2D eigenvalue weighted by atomic mass is 32.2. The molecule has 4 nitrogen and oxygen atoms in total. The van der Waals surface area contributed by atoms with Gasteiger partial charge in [-0.15, -0.1) is 0 Å². The van der Waals surface area contributed by atoms with Gasteiger partial charge < -0.3 is 4.43 Å². The molecule has 102 valence electrons. The van der Waals surface area contributed by atoms with E-state index in [1.165, 1.54) is 0 Å².